The van der Waals surface area contributed by atoms with Gasteiger partial charge >= 0.3 is 0 Å². The summed E-state index contributed by atoms with van der Waals surface area (Å²) in [5, 5.41) is 10.7. The van der Waals surface area contributed by atoms with Crippen LogP contribution in [0.4, 0.5) is 23.3 Å². The molecule has 2 aliphatic heterocycles. The minimum absolute atomic E-state index is 0.440. The monoisotopic (exact) mass is 462 g/mol. The number of thioether (sulfide) groups is 1. The van der Waals surface area contributed by atoms with E-state index in [0.29, 0.717) is 12.0 Å². The third-order valence-electron chi connectivity index (χ3n) is 7.02. The van der Waals surface area contributed by atoms with Crippen LogP contribution >= 0.6 is 11.8 Å². The van der Waals surface area contributed by atoms with Crippen LogP contribution in [0.2, 0.25) is 0 Å². The van der Waals surface area contributed by atoms with Gasteiger partial charge in [-0.15, -0.1) is 11.8 Å². The molecule has 3 aliphatic rings. The molecule has 0 unspecified atom stereocenters. The van der Waals surface area contributed by atoms with E-state index < -0.39 is 0 Å². The lowest BCUT2D eigenvalue weighted by atomic mass is 9.92. The Morgan fingerprint density at radius 3 is 2.85 bits per heavy atom. The molecule has 2 atom stereocenters. The van der Waals surface area contributed by atoms with Gasteiger partial charge in [-0.25, -0.2) is 15.0 Å². The largest absolute Gasteiger partial charge is 0.368 e. The van der Waals surface area contributed by atoms with Gasteiger partial charge in [0.05, 0.1) is 5.69 Å². The number of hydrogen-bond acceptors (Lipinski definition) is 9. The van der Waals surface area contributed by atoms with E-state index >= 15 is 0 Å². The molecule has 1 saturated carbocycles. The zero-order chi connectivity index (χ0) is 22.2. The van der Waals surface area contributed by atoms with Crippen LogP contribution in [0, 0.1) is 11.8 Å². The fourth-order valence-electron chi connectivity index (χ4n) is 5.04. The molecule has 0 amide bonds. The number of benzene rings is 1. The molecule has 3 fully saturated rings. The number of aromatic nitrogens is 4. The summed E-state index contributed by atoms with van der Waals surface area (Å²) in [5.74, 6) is 3.71. The SMILES string of the molecule is CSc1ccccc1Nc1nc(N2CCC[C@@H]3CNC[C@@H]32)nc2c(NCC3CC3)ncnc12. The third kappa shape index (κ3) is 4.19. The predicted molar refractivity (Wildman–Crippen MR) is 135 cm³/mol. The summed E-state index contributed by atoms with van der Waals surface area (Å²) in [4.78, 5) is 22.9. The first-order chi connectivity index (χ1) is 16.3. The van der Waals surface area contributed by atoms with Crippen LogP contribution in [0.15, 0.2) is 35.5 Å². The third-order valence-corrected chi connectivity index (χ3v) is 7.82. The molecular weight excluding hydrogens is 432 g/mol. The van der Waals surface area contributed by atoms with Crippen LogP contribution in [0.5, 0.6) is 0 Å². The molecule has 3 N–H and O–H groups in total. The highest BCUT2D eigenvalue weighted by Crippen LogP contribution is 2.35. The van der Waals surface area contributed by atoms with Gasteiger partial charge in [0.1, 0.15) is 17.4 Å². The molecule has 0 bridgehead atoms. The number of anilines is 4. The highest BCUT2D eigenvalue weighted by atomic mass is 32.2. The lowest BCUT2D eigenvalue weighted by molar-refractivity contribution is 0.381. The molecule has 6 rings (SSSR count). The Labute approximate surface area is 198 Å². The van der Waals surface area contributed by atoms with Crippen molar-refractivity contribution < 1.29 is 0 Å². The Kier molecular flexibility index (Phi) is 5.67. The maximum atomic E-state index is 5.06. The first kappa shape index (κ1) is 20.9. The molecular formula is C24H30N8S. The Morgan fingerprint density at radius 1 is 1.06 bits per heavy atom. The summed E-state index contributed by atoms with van der Waals surface area (Å²) in [6.07, 6.45) is 8.72. The maximum absolute atomic E-state index is 5.06. The van der Waals surface area contributed by atoms with Crippen LogP contribution in [-0.2, 0) is 0 Å². The summed E-state index contributed by atoms with van der Waals surface area (Å²) in [5.41, 5.74) is 2.57. The molecule has 1 aliphatic carbocycles. The van der Waals surface area contributed by atoms with E-state index in [0.717, 1.165) is 66.4 Å². The lowest BCUT2D eigenvalue weighted by Crippen LogP contribution is -2.46. The van der Waals surface area contributed by atoms with Gasteiger partial charge in [-0.05, 0) is 55.9 Å². The molecule has 9 heteroatoms. The van der Waals surface area contributed by atoms with Gasteiger partial charge in [0.15, 0.2) is 11.6 Å². The molecule has 0 radical (unpaired) electrons. The number of hydrogen-bond donors (Lipinski definition) is 3. The van der Waals surface area contributed by atoms with E-state index in [9.17, 15) is 0 Å². The minimum Gasteiger partial charge on any atom is -0.368 e. The smallest absolute Gasteiger partial charge is 0.228 e. The second kappa shape index (κ2) is 8.95. The van der Waals surface area contributed by atoms with Crippen LogP contribution in [0.3, 0.4) is 0 Å². The Morgan fingerprint density at radius 2 is 1.97 bits per heavy atom. The Bertz CT molecular complexity index is 1150. The van der Waals surface area contributed by atoms with Crippen LogP contribution < -0.4 is 20.9 Å². The number of nitrogens with zero attached hydrogens (tertiary/aromatic N) is 5. The number of nitrogens with one attached hydrogen (secondary N) is 3. The first-order valence-corrected chi connectivity index (χ1v) is 13.2. The summed E-state index contributed by atoms with van der Waals surface area (Å²) < 4.78 is 0. The standard InChI is InChI=1S/C24H30N8S/c1-33-19-7-3-2-6-17(19)29-23-20-21(22(28-14-27-20)26-11-15-8-9-15)30-24(31-23)32-10-4-5-16-12-25-13-18(16)32/h2-3,6-7,14-16,18,25H,4-5,8-13H2,1H3,(H,26,27,28)(H,29,30,31)/t16-,18+/m1/s1. The molecule has 1 aromatic carbocycles. The van der Waals surface area contributed by atoms with E-state index in [4.69, 9.17) is 9.97 Å². The van der Waals surface area contributed by atoms with Crippen molar-refractivity contribution in [3.8, 4) is 0 Å². The van der Waals surface area contributed by atoms with Gasteiger partial charge < -0.3 is 20.9 Å². The quantitative estimate of drug-likeness (QED) is 0.452. The Hall–Kier alpha value is -2.65. The summed E-state index contributed by atoms with van der Waals surface area (Å²) in [6, 6.07) is 8.75. The van der Waals surface area contributed by atoms with E-state index in [1.165, 1.54) is 30.6 Å². The summed E-state index contributed by atoms with van der Waals surface area (Å²) in [6.45, 7) is 3.98. The Balaban J connectivity index is 1.45. The summed E-state index contributed by atoms with van der Waals surface area (Å²) in [7, 11) is 0. The molecule has 2 saturated heterocycles. The highest BCUT2D eigenvalue weighted by Gasteiger charge is 2.36. The van der Waals surface area contributed by atoms with Gasteiger partial charge in [0, 0.05) is 37.1 Å². The molecule has 3 aromatic rings. The normalized spacial score (nSPS) is 22.4. The molecule has 2 aromatic heterocycles. The van der Waals surface area contributed by atoms with Crippen molar-refractivity contribution in [2.45, 2.75) is 36.6 Å². The van der Waals surface area contributed by atoms with Crippen molar-refractivity contribution in [1.29, 1.82) is 0 Å². The second-order valence-electron chi connectivity index (χ2n) is 9.26. The van der Waals surface area contributed by atoms with E-state index in [-0.39, 0.29) is 0 Å². The highest BCUT2D eigenvalue weighted by molar-refractivity contribution is 7.98. The molecule has 4 heterocycles. The average molecular weight is 463 g/mol. The van der Waals surface area contributed by atoms with Gasteiger partial charge in [-0.3, -0.25) is 0 Å². The van der Waals surface area contributed by atoms with Crippen molar-refractivity contribution in [2.75, 3.05) is 48.0 Å². The number of piperidine rings is 1. The second-order valence-corrected chi connectivity index (χ2v) is 10.1. The fourth-order valence-corrected chi connectivity index (χ4v) is 5.59. The van der Waals surface area contributed by atoms with Crippen molar-refractivity contribution in [3.05, 3.63) is 30.6 Å². The molecule has 172 valence electrons. The zero-order valence-corrected chi connectivity index (χ0v) is 19.7. The van der Waals surface area contributed by atoms with Gasteiger partial charge in [-0.1, -0.05) is 12.1 Å². The minimum atomic E-state index is 0.440. The van der Waals surface area contributed by atoms with Crippen molar-refractivity contribution in [2.24, 2.45) is 11.8 Å². The molecule has 0 spiro atoms. The van der Waals surface area contributed by atoms with Gasteiger partial charge in [0.25, 0.3) is 0 Å². The predicted octanol–water partition coefficient (Wildman–Crippen LogP) is 3.90. The van der Waals surface area contributed by atoms with E-state index in [1.807, 2.05) is 6.07 Å². The first-order valence-electron chi connectivity index (χ1n) is 11.9. The van der Waals surface area contributed by atoms with E-state index in [2.05, 4.69) is 55.3 Å². The average Bonchev–Trinajstić information content (AvgIpc) is 3.56. The number of rotatable bonds is 7. The number of para-hydroxylation sites is 1. The summed E-state index contributed by atoms with van der Waals surface area (Å²) >= 11 is 1.72. The van der Waals surface area contributed by atoms with Gasteiger partial charge in [0.2, 0.25) is 5.95 Å². The van der Waals surface area contributed by atoms with Crippen LogP contribution in [0.25, 0.3) is 11.0 Å². The van der Waals surface area contributed by atoms with Crippen molar-refractivity contribution in [1.82, 2.24) is 25.3 Å². The lowest BCUT2D eigenvalue weighted by Gasteiger charge is -2.37. The molecule has 8 nitrogen and oxygen atoms in total. The molecule has 33 heavy (non-hydrogen) atoms. The fraction of sp³-hybridized carbons (Fsp3) is 0.500. The van der Waals surface area contributed by atoms with Crippen LogP contribution in [-0.4, -0.2) is 58.4 Å². The maximum Gasteiger partial charge on any atom is 0.228 e. The topological polar surface area (TPSA) is 90.9 Å². The number of fused-ring (bicyclic) bond motifs is 2. The van der Waals surface area contributed by atoms with E-state index in [1.54, 1.807) is 18.1 Å². The van der Waals surface area contributed by atoms with Crippen molar-refractivity contribution >= 4 is 46.1 Å². The zero-order valence-electron chi connectivity index (χ0n) is 18.9. The van der Waals surface area contributed by atoms with Gasteiger partial charge in [-0.2, -0.15) is 4.98 Å². The van der Waals surface area contributed by atoms with Crippen LogP contribution in [0.1, 0.15) is 25.7 Å². The van der Waals surface area contributed by atoms with Crippen molar-refractivity contribution in [3.63, 3.8) is 0 Å².